The fourth-order valence-electron chi connectivity index (χ4n) is 2.39. The highest BCUT2D eigenvalue weighted by atomic mass is 35.5. The van der Waals surface area contributed by atoms with Crippen molar-refractivity contribution in [3.8, 4) is 11.3 Å². The van der Waals surface area contributed by atoms with E-state index >= 15 is 0 Å². The topological polar surface area (TPSA) is 58.1 Å². The first-order chi connectivity index (χ1) is 13.0. The number of anilines is 2. The van der Waals surface area contributed by atoms with Crippen molar-refractivity contribution in [3.63, 3.8) is 0 Å². The van der Waals surface area contributed by atoms with Crippen LogP contribution in [-0.4, -0.2) is 30.3 Å². The highest BCUT2D eigenvalue weighted by Gasteiger charge is 2.11. The average molecular weight is 403 g/mol. The monoisotopic (exact) mass is 402 g/mol. The van der Waals surface area contributed by atoms with E-state index < -0.39 is 5.82 Å². The van der Waals surface area contributed by atoms with Crippen LogP contribution in [0.4, 0.5) is 15.9 Å². The third kappa shape index (κ3) is 4.56. The number of carbonyl (C=O) groups is 1. The Labute approximate surface area is 165 Å². The second kappa shape index (κ2) is 8.37. The van der Waals surface area contributed by atoms with E-state index in [1.54, 1.807) is 36.7 Å². The molecule has 0 amide bonds. The van der Waals surface area contributed by atoms with Crippen molar-refractivity contribution < 1.29 is 9.18 Å². The van der Waals surface area contributed by atoms with Crippen LogP contribution in [0.3, 0.4) is 0 Å². The molecular weight excluding hydrogens is 387 g/mol. The number of hydrogen-bond donors (Lipinski definition) is 1. The first-order valence-electron chi connectivity index (χ1n) is 7.95. The number of benzene rings is 1. The molecule has 27 heavy (non-hydrogen) atoms. The normalized spacial score (nSPS) is 10.5. The minimum atomic E-state index is -0.495. The van der Waals surface area contributed by atoms with Gasteiger partial charge in [-0.05, 0) is 42.3 Å². The number of rotatable bonds is 6. The fourth-order valence-corrected chi connectivity index (χ4v) is 3.48. The number of pyridine rings is 2. The van der Waals surface area contributed by atoms with Crippen LogP contribution in [0.2, 0.25) is 5.02 Å². The lowest BCUT2D eigenvalue weighted by molar-refractivity contribution is 0.112. The Hall–Kier alpha value is -2.64. The van der Waals surface area contributed by atoms with E-state index in [1.807, 2.05) is 25.1 Å². The Morgan fingerprint density at radius 3 is 2.70 bits per heavy atom. The van der Waals surface area contributed by atoms with Gasteiger partial charge in [-0.3, -0.25) is 9.78 Å². The minimum absolute atomic E-state index is 0.283. The van der Waals surface area contributed by atoms with Gasteiger partial charge < -0.3 is 9.62 Å². The van der Waals surface area contributed by atoms with Crippen LogP contribution >= 0.6 is 23.5 Å². The lowest BCUT2D eigenvalue weighted by Gasteiger charge is -2.16. The summed E-state index contributed by atoms with van der Waals surface area (Å²) in [6, 6.07) is 9.63. The van der Waals surface area contributed by atoms with Gasteiger partial charge in [0.1, 0.15) is 17.9 Å². The molecule has 3 rings (SSSR count). The lowest BCUT2D eigenvalue weighted by Crippen LogP contribution is -2.12. The Bertz CT molecular complexity index is 984. The van der Waals surface area contributed by atoms with Crippen LogP contribution in [0.25, 0.3) is 11.3 Å². The van der Waals surface area contributed by atoms with Gasteiger partial charge in [-0.25, -0.2) is 9.37 Å². The van der Waals surface area contributed by atoms with E-state index in [9.17, 15) is 9.18 Å². The summed E-state index contributed by atoms with van der Waals surface area (Å²) < 4.78 is 17.4. The van der Waals surface area contributed by atoms with Gasteiger partial charge in [0, 0.05) is 43.3 Å². The number of aromatic nitrogens is 2. The quantitative estimate of drug-likeness (QED) is 0.466. The van der Waals surface area contributed by atoms with Gasteiger partial charge in [0.2, 0.25) is 0 Å². The molecule has 1 N–H and O–H groups in total. The molecule has 0 fully saturated rings. The van der Waals surface area contributed by atoms with Crippen molar-refractivity contribution in [2.24, 2.45) is 0 Å². The molecule has 0 aliphatic rings. The maximum absolute atomic E-state index is 14.2. The van der Waals surface area contributed by atoms with Crippen molar-refractivity contribution in [1.29, 1.82) is 0 Å². The Balaban J connectivity index is 1.83. The standard InChI is InChI=1S/C19H16ClFN4OS/c1-25(2)19-18(8-13(20)10-23-19)27-24-14-5-6-22-17(9-14)15-4-3-12(11-26)7-16(15)21/h3-11H,1-2H3,(H,22,24). The average Bonchev–Trinajstić information content (AvgIpc) is 2.66. The van der Waals surface area contributed by atoms with Crippen molar-refractivity contribution in [2.75, 3.05) is 23.7 Å². The van der Waals surface area contributed by atoms with Crippen molar-refractivity contribution in [3.05, 3.63) is 65.2 Å². The molecule has 2 aromatic heterocycles. The van der Waals surface area contributed by atoms with Crippen molar-refractivity contribution in [1.82, 2.24) is 9.97 Å². The van der Waals surface area contributed by atoms with Crippen molar-refractivity contribution in [2.45, 2.75) is 4.90 Å². The Morgan fingerprint density at radius 2 is 2.00 bits per heavy atom. The number of carbonyl (C=O) groups excluding carboxylic acids is 1. The number of aldehydes is 1. The van der Waals surface area contributed by atoms with Gasteiger partial charge in [-0.1, -0.05) is 17.7 Å². The Morgan fingerprint density at radius 1 is 1.19 bits per heavy atom. The maximum Gasteiger partial charge on any atom is 0.150 e. The summed E-state index contributed by atoms with van der Waals surface area (Å²) in [6.07, 6.45) is 3.79. The van der Waals surface area contributed by atoms with E-state index in [1.165, 1.54) is 18.0 Å². The third-order valence-electron chi connectivity index (χ3n) is 3.67. The van der Waals surface area contributed by atoms with Crippen LogP contribution in [0.15, 0.2) is 53.7 Å². The summed E-state index contributed by atoms with van der Waals surface area (Å²) in [7, 11) is 3.80. The molecule has 0 bridgehead atoms. The molecule has 0 saturated heterocycles. The first-order valence-corrected chi connectivity index (χ1v) is 9.14. The highest BCUT2D eigenvalue weighted by Crippen LogP contribution is 2.31. The molecule has 0 saturated carbocycles. The molecule has 1 aromatic carbocycles. The molecule has 0 atom stereocenters. The van der Waals surface area contributed by atoms with Gasteiger partial charge >= 0.3 is 0 Å². The summed E-state index contributed by atoms with van der Waals surface area (Å²) in [6.45, 7) is 0. The molecule has 2 heterocycles. The highest BCUT2D eigenvalue weighted by molar-refractivity contribution is 8.00. The SMILES string of the molecule is CN(C)c1ncc(Cl)cc1SNc1ccnc(-c2ccc(C=O)cc2F)c1. The second-order valence-corrected chi connectivity index (χ2v) is 7.15. The Kier molecular flexibility index (Phi) is 5.93. The smallest absolute Gasteiger partial charge is 0.150 e. The van der Waals surface area contributed by atoms with Crippen LogP contribution in [0.5, 0.6) is 0 Å². The lowest BCUT2D eigenvalue weighted by atomic mass is 10.1. The largest absolute Gasteiger partial charge is 0.362 e. The van der Waals surface area contributed by atoms with Crippen LogP contribution in [0, 0.1) is 5.82 Å². The number of hydrogen-bond acceptors (Lipinski definition) is 6. The van der Waals surface area contributed by atoms with Gasteiger partial charge in [0.25, 0.3) is 0 Å². The van der Waals surface area contributed by atoms with Gasteiger partial charge in [-0.15, -0.1) is 0 Å². The molecule has 0 radical (unpaired) electrons. The summed E-state index contributed by atoms with van der Waals surface area (Å²) in [5, 5.41) is 0.539. The van der Waals surface area contributed by atoms with Crippen LogP contribution in [0.1, 0.15) is 10.4 Å². The van der Waals surface area contributed by atoms with E-state index in [2.05, 4.69) is 14.7 Å². The molecule has 138 valence electrons. The minimum Gasteiger partial charge on any atom is -0.362 e. The summed E-state index contributed by atoms with van der Waals surface area (Å²) in [5.41, 5.74) is 1.82. The first kappa shape index (κ1) is 19.1. The molecule has 0 unspecified atom stereocenters. The molecule has 8 heteroatoms. The van der Waals surface area contributed by atoms with Gasteiger partial charge in [-0.2, -0.15) is 0 Å². The summed E-state index contributed by atoms with van der Waals surface area (Å²) in [5.74, 6) is 0.285. The molecular formula is C19H16ClFN4OS. The number of halogens is 2. The van der Waals surface area contributed by atoms with Crippen LogP contribution in [-0.2, 0) is 0 Å². The predicted molar refractivity (Wildman–Crippen MR) is 108 cm³/mol. The van der Waals surface area contributed by atoms with E-state index in [0.29, 0.717) is 22.6 Å². The third-order valence-corrected chi connectivity index (χ3v) is 4.73. The molecule has 0 spiro atoms. The zero-order valence-electron chi connectivity index (χ0n) is 14.6. The van der Waals surface area contributed by atoms with Gasteiger partial charge in [0.05, 0.1) is 15.6 Å². The summed E-state index contributed by atoms with van der Waals surface area (Å²) in [4.78, 5) is 22.1. The predicted octanol–water partition coefficient (Wildman–Crippen LogP) is 4.93. The fraction of sp³-hybridized carbons (Fsp3) is 0.105. The van der Waals surface area contributed by atoms with Crippen molar-refractivity contribution >= 4 is 41.3 Å². The molecule has 0 aliphatic heterocycles. The van der Waals surface area contributed by atoms with E-state index in [-0.39, 0.29) is 5.56 Å². The second-order valence-electron chi connectivity index (χ2n) is 5.86. The molecule has 0 aliphatic carbocycles. The molecule has 3 aromatic rings. The zero-order valence-corrected chi connectivity index (χ0v) is 16.2. The van der Waals surface area contributed by atoms with E-state index in [4.69, 9.17) is 11.6 Å². The number of nitrogens with zero attached hydrogens (tertiary/aromatic N) is 3. The van der Waals surface area contributed by atoms with Gasteiger partial charge in [0.15, 0.2) is 0 Å². The van der Waals surface area contributed by atoms with Crippen LogP contribution < -0.4 is 9.62 Å². The molecule has 5 nitrogen and oxygen atoms in total. The summed E-state index contributed by atoms with van der Waals surface area (Å²) >= 11 is 7.40. The zero-order chi connectivity index (χ0) is 19.4. The van der Waals surface area contributed by atoms with E-state index in [0.717, 1.165) is 16.4 Å². The number of nitrogens with one attached hydrogen (secondary N) is 1. The maximum atomic E-state index is 14.2.